The SMILES string of the molecule is COc1ccc(/C=N\NC(=O)c2cc(O)cc(O)c2)cc1O. The van der Waals surface area contributed by atoms with E-state index in [0.29, 0.717) is 11.3 Å². The van der Waals surface area contributed by atoms with Crippen molar-refractivity contribution >= 4 is 12.1 Å². The summed E-state index contributed by atoms with van der Waals surface area (Å²) in [5.74, 6) is -0.768. The van der Waals surface area contributed by atoms with Gasteiger partial charge in [-0.3, -0.25) is 4.79 Å². The van der Waals surface area contributed by atoms with Crippen molar-refractivity contribution in [2.45, 2.75) is 0 Å². The summed E-state index contributed by atoms with van der Waals surface area (Å²) >= 11 is 0. The number of carbonyl (C=O) groups is 1. The molecule has 22 heavy (non-hydrogen) atoms. The van der Waals surface area contributed by atoms with Crippen molar-refractivity contribution in [2.75, 3.05) is 7.11 Å². The number of aromatic hydroxyl groups is 3. The van der Waals surface area contributed by atoms with E-state index < -0.39 is 5.91 Å². The van der Waals surface area contributed by atoms with Crippen molar-refractivity contribution in [3.63, 3.8) is 0 Å². The highest BCUT2D eigenvalue weighted by atomic mass is 16.5. The molecule has 7 nitrogen and oxygen atoms in total. The Bertz CT molecular complexity index is 708. The largest absolute Gasteiger partial charge is 0.508 e. The maximum Gasteiger partial charge on any atom is 0.271 e. The molecule has 2 aromatic carbocycles. The summed E-state index contributed by atoms with van der Waals surface area (Å²) in [6.45, 7) is 0. The van der Waals surface area contributed by atoms with E-state index in [9.17, 15) is 20.1 Å². The first-order valence-corrected chi connectivity index (χ1v) is 6.23. The van der Waals surface area contributed by atoms with E-state index in [1.54, 1.807) is 12.1 Å². The van der Waals surface area contributed by atoms with Gasteiger partial charge in [-0.15, -0.1) is 0 Å². The molecule has 0 aliphatic carbocycles. The normalized spacial score (nSPS) is 10.6. The number of phenols is 3. The molecule has 0 atom stereocenters. The summed E-state index contributed by atoms with van der Waals surface area (Å²) in [4.78, 5) is 11.8. The van der Waals surface area contributed by atoms with Crippen LogP contribution in [0.2, 0.25) is 0 Å². The van der Waals surface area contributed by atoms with E-state index >= 15 is 0 Å². The summed E-state index contributed by atoms with van der Waals surface area (Å²) in [7, 11) is 1.44. The van der Waals surface area contributed by atoms with E-state index in [0.717, 1.165) is 6.07 Å². The average Bonchev–Trinajstić information content (AvgIpc) is 2.46. The molecule has 0 heterocycles. The Kier molecular flexibility index (Phi) is 4.47. The van der Waals surface area contributed by atoms with Crippen LogP contribution in [-0.4, -0.2) is 34.6 Å². The van der Waals surface area contributed by atoms with Crippen LogP contribution in [0, 0.1) is 0 Å². The summed E-state index contributed by atoms with van der Waals surface area (Å²) in [6.07, 6.45) is 1.33. The molecule has 4 N–H and O–H groups in total. The van der Waals surface area contributed by atoms with Gasteiger partial charge < -0.3 is 20.1 Å². The van der Waals surface area contributed by atoms with Crippen LogP contribution in [0.25, 0.3) is 0 Å². The van der Waals surface area contributed by atoms with Crippen LogP contribution in [-0.2, 0) is 0 Å². The Morgan fingerprint density at radius 2 is 1.82 bits per heavy atom. The third-order valence-electron chi connectivity index (χ3n) is 2.75. The third-order valence-corrected chi connectivity index (χ3v) is 2.75. The van der Waals surface area contributed by atoms with Crippen LogP contribution in [0.5, 0.6) is 23.0 Å². The van der Waals surface area contributed by atoms with Crippen molar-refractivity contribution < 1.29 is 24.9 Å². The van der Waals surface area contributed by atoms with Gasteiger partial charge in [-0.25, -0.2) is 5.43 Å². The van der Waals surface area contributed by atoms with Crippen LogP contribution >= 0.6 is 0 Å². The number of hydrogen-bond donors (Lipinski definition) is 4. The molecule has 2 rings (SSSR count). The van der Waals surface area contributed by atoms with Gasteiger partial charge in [0.25, 0.3) is 5.91 Å². The first-order valence-electron chi connectivity index (χ1n) is 6.23. The number of benzene rings is 2. The Balaban J connectivity index is 2.05. The van der Waals surface area contributed by atoms with Crippen molar-refractivity contribution in [3.8, 4) is 23.0 Å². The topological polar surface area (TPSA) is 111 Å². The van der Waals surface area contributed by atoms with Crippen LogP contribution in [0.3, 0.4) is 0 Å². The number of hydrazone groups is 1. The lowest BCUT2D eigenvalue weighted by molar-refractivity contribution is 0.0954. The minimum Gasteiger partial charge on any atom is -0.508 e. The minimum atomic E-state index is -0.597. The lowest BCUT2D eigenvalue weighted by atomic mass is 10.2. The summed E-state index contributed by atoms with van der Waals surface area (Å²) in [5, 5.41) is 32.0. The van der Waals surface area contributed by atoms with Gasteiger partial charge in [-0.2, -0.15) is 5.10 Å². The standard InChI is InChI=1S/C15H14N2O5/c1-22-14-3-2-9(4-13(14)20)8-16-17-15(21)10-5-11(18)7-12(19)6-10/h2-8,18-20H,1H3,(H,17,21)/b16-8-. The highest BCUT2D eigenvalue weighted by Gasteiger charge is 2.07. The molecule has 0 bridgehead atoms. The predicted octanol–water partition coefficient (Wildman–Crippen LogP) is 1.58. The van der Waals surface area contributed by atoms with E-state index in [-0.39, 0.29) is 22.8 Å². The number of methoxy groups -OCH3 is 1. The number of amides is 1. The van der Waals surface area contributed by atoms with Crippen molar-refractivity contribution in [2.24, 2.45) is 5.10 Å². The van der Waals surface area contributed by atoms with E-state index in [4.69, 9.17) is 4.74 Å². The van der Waals surface area contributed by atoms with Crippen LogP contribution in [0.15, 0.2) is 41.5 Å². The summed E-state index contributed by atoms with van der Waals surface area (Å²) in [5.41, 5.74) is 2.86. The second-order valence-corrected chi connectivity index (χ2v) is 4.37. The maximum atomic E-state index is 11.8. The number of carbonyl (C=O) groups excluding carboxylic acids is 1. The third kappa shape index (κ3) is 3.66. The molecule has 0 unspecified atom stereocenters. The zero-order valence-electron chi connectivity index (χ0n) is 11.6. The summed E-state index contributed by atoms with van der Waals surface area (Å²) < 4.78 is 4.91. The van der Waals surface area contributed by atoms with Crippen molar-refractivity contribution in [3.05, 3.63) is 47.5 Å². The van der Waals surface area contributed by atoms with Gasteiger partial charge in [0.1, 0.15) is 11.5 Å². The molecule has 0 fully saturated rings. The van der Waals surface area contributed by atoms with Gasteiger partial charge in [-0.1, -0.05) is 0 Å². The van der Waals surface area contributed by atoms with Gasteiger partial charge >= 0.3 is 0 Å². The highest BCUT2D eigenvalue weighted by Crippen LogP contribution is 2.25. The number of nitrogens with one attached hydrogen (secondary N) is 1. The highest BCUT2D eigenvalue weighted by molar-refractivity contribution is 5.95. The van der Waals surface area contributed by atoms with Crippen molar-refractivity contribution in [1.29, 1.82) is 0 Å². The zero-order chi connectivity index (χ0) is 16.1. The fraction of sp³-hybridized carbons (Fsp3) is 0.0667. The van der Waals surface area contributed by atoms with Gasteiger partial charge in [0.05, 0.1) is 13.3 Å². The molecule has 0 aliphatic heterocycles. The number of rotatable bonds is 4. The maximum absolute atomic E-state index is 11.8. The van der Waals surface area contributed by atoms with Gasteiger partial charge in [0, 0.05) is 11.6 Å². The molecule has 0 spiro atoms. The van der Waals surface area contributed by atoms with Gasteiger partial charge in [0.15, 0.2) is 11.5 Å². The molecule has 0 aliphatic rings. The van der Waals surface area contributed by atoms with E-state index in [2.05, 4.69) is 10.5 Å². The van der Waals surface area contributed by atoms with Crippen LogP contribution in [0.4, 0.5) is 0 Å². The molecule has 0 saturated heterocycles. The predicted molar refractivity (Wildman–Crippen MR) is 79.5 cm³/mol. The fourth-order valence-electron chi connectivity index (χ4n) is 1.74. The molecule has 0 aromatic heterocycles. The van der Waals surface area contributed by atoms with E-state index in [1.807, 2.05) is 0 Å². The summed E-state index contributed by atoms with van der Waals surface area (Å²) in [6, 6.07) is 8.14. The lowest BCUT2D eigenvalue weighted by Crippen LogP contribution is -2.17. The Hall–Kier alpha value is -3.22. The number of nitrogens with zero attached hydrogens (tertiary/aromatic N) is 1. The molecule has 0 saturated carbocycles. The molecular weight excluding hydrogens is 288 g/mol. The first-order chi connectivity index (χ1) is 10.5. The quantitative estimate of drug-likeness (QED) is 0.506. The van der Waals surface area contributed by atoms with Gasteiger partial charge in [0.2, 0.25) is 0 Å². The minimum absolute atomic E-state index is 0.0457. The molecular formula is C15H14N2O5. The van der Waals surface area contributed by atoms with Crippen LogP contribution < -0.4 is 10.2 Å². The van der Waals surface area contributed by atoms with E-state index in [1.165, 1.54) is 31.5 Å². The molecule has 2 aromatic rings. The molecule has 1 amide bonds. The average molecular weight is 302 g/mol. The molecule has 7 heteroatoms. The first kappa shape index (κ1) is 15.2. The Morgan fingerprint density at radius 3 is 2.41 bits per heavy atom. The second kappa shape index (κ2) is 6.49. The second-order valence-electron chi connectivity index (χ2n) is 4.37. The fourth-order valence-corrected chi connectivity index (χ4v) is 1.74. The van der Waals surface area contributed by atoms with Crippen LogP contribution in [0.1, 0.15) is 15.9 Å². The molecule has 114 valence electrons. The molecule has 0 radical (unpaired) electrons. The van der Waals surface area contributed by atoms with Crippen molar-refractivity contribution in [1.82, 2.24) is 5.43 Å². The number of phenolic OH excluding ortho intramolecular Hbond substituents is 3. The Labute approximate surface area is 126 Å². The van der Waals surface area contributed by atoms with Gasteiger partial charge in [-0.05, 0) is 35.9 Å². The zero-order valence-corrected chi connectivity index (χ0v) is 11.6. The number of ether oxygens (including phenoxy) is 1. The lowest BCUT2D eigenvalue weighted by Gasteiger charge is -2.04. The monoisotopic (exact) mass is 302 g/mol. The Morgan fingerprint density at radius 1 is 1.14 bits per heavy atom. The smallest absolute Gasteiger partial charge is 0.271 e. The number of hydrogen-bond acceptors (Lipinski definition) is 6.